The smallest absolute Gasteiger partial charge is 0.224 e. The Hall–Kier alpha value is -2.53. The molecule has 0 saturated heterocycles. The molecule has 96 valence electrons. The number of H-pyrrole nitrogens is 1. The van der Waals surface area contributed by atoms with Crippen LogP contribution in [0.15, 0.2) is 42.9 Å². The van der Waals surface area contributed by atoms with Crippen molar-refractivity contribution in [3.8, 4) is 11.3 Å². The number of benzene rings is 1. The van der Waals surface area contributed by atoms with Crippen LogP contribution in [-0.2, 0) is 0 Å². The Morgan fingerprint density at radius 1 is 1.00 bits per heavy atom. The summed E-state index contributed by atoms with van der Waals surface area (Å²) < 4.78 is 0. The van der Waals surface area contributed by atoms with Crippen molar-refractivity contribution >= 4 is 33.4 Å². The number of nitrogens with one attached hydrogen (secondary N) is 1. The number of hydrogen-bond acceptors (Lipinski definition) is 4. The number of halogens is 1. The molecule has 0 aliphatic carbocycles. The third-order valence-electron chi connectivity index (χ3n) is 3.22. The summed E-state index contributed by atoms with van der Waals surface area (Å²) in [6.07, 6.45) is 5.30. The fourth-order valence-corrected chi connectivity index (χ4v) is 2.50. The standard InChI is InChI=1S/C14H8ClN5/c15-14-18-12(11-7-17-20-13(11)19-14)9-3-1-2-8-4-5-16-6-10(8)9/h1-7H,(H,17,18,19,20). The monoisotopic (exact) mass is 281 g/mol. The van der Waals surface area contributed by atoms with Gasteiger partial charge in [-0.05, 0) is 23.1 Å². The van der Waals surface area contributed by atoms with Gasteiger partial charge < -0.3 is 0 Å². The summed E-state index contributed by atoms with van der Waals surface area (Å²) in [4.78, 5) is 12.7. The minimum atomic E-state index is 0.192. The van der Waals surface area contributed by atoms with Crippen molar-refractivity contribution in [3.63, 3.8) is 0 Å². The summed E-state index contributed by atoms with van der Waals surface area (Å²) in [5.74, 6) is 0. The number of nitrogens with zero attached hydrogens (tertiary/aromatic N) is 4. The van der Waals surface area contributed by atoms with Gasteiger partial charge in [-0.1, -0.05) is 18.2 Å². The molecule has 0 saturated carbocycles. The van der Waals surface area contributed by atoms with Gasteiger partial charge in [0.05, 0.1) is 17.3 Å². The van der Waals surface area contributed by atoms with Crippen molar-refractivity contribution in [1.82, 2.24) is 25.1 Å². The first-order chi connectivity index (χ1) is 9.83. The predicted octanol–water partition coefficient (Wildman–Crippen LogP) is 3.22. The lowest BCUT2D eigenvalue weighted by Crippen LogP contribution is -1.91. The summed E-state index contributed by atoms with van der Waals surface area (Å²) in [6.45, 7) is 0. The van der Waals surface area contributed by atoms with Gasteiger partial charge in [0.1, 0.15) is 0 Å². The van der Waals surface area contributed by atoms with Crippen molar-refractivity contribution in [1.29, 1.82) is 0 Å². The highest BCUT2D eigenvalue weighted by Gasteiger charge is 2.12. The van der Waals surface area contributed by atoms with Gasteiger partial charge in [0, 0.05) is 23.3 Å². The first kappa shape index (κ1) is 11.3. The van der Waals surface area contributed by atoms with Gasteiger partial charge in [-0.25, -0.2) is 4.98 Å². The molecule has 1 N–H and O–H groups in total. The molecule has 0 fully saturated rings. The van der Waals surface area contributed by atoms with Crippen LogP contribution in [0.25, 0.3) is 33.1 Å². The second-order valence-corrected chi connectivity index (χ2v) is 4.71. The Morgan fingerprint density at radius 3 is 2.90 bits per heavy atom. The molecule has 3 heterocycles. The topological polar surface area (TPSA) is 67.3 Å². The highest BCUT2D eigenvalue weighted by molar-refractivity contribution is 6.28. The van der Waals surface area contributed by atoms with Gasteiger partial charge >= 0.3 is 0 Å². The van der Waals surface area contributed by atoms with Crippen LogP contribution in [0.5, 0.6) is 0 Å². The van der Waals surface area contributed by atoms with Crippen LogP contribution in [0, 0.1) is 0 Å². The van der Waals surface area contributed by atoms with Crippen LogP contribution in [0.4, 0.5) is 0 Å². The Labute approximate surface area is 118 Å². The number of aromatic amines is 1. The molecule has 6 heteroatoms. The number of fused-ring (bicyclic) bond motifs is 2. The predicted molar refractivity (Wildman–Crippen MR) is 77.4 cm³/mol. The summed E-state index contributed by atoms with van der Waals surface area (Å²) in [6, 6.07) is 7.98. The molecular weight excluding hydrogens is 274 g/mol. The summed E-state index contributed by atoms with van der Waals surface area (Å²) in [5, 5.41) is 9.98. The zero-order valence-electron chi connectivity index (χ0n) is 10.2. The highest BCUT2D eigenvalue weighted by atomic mass is 35.5. The fraction of sp³-hybridized carbons (Fsp3) is 0. The van der Waals surface area contributed by atoms with Gasteiger partial charge in [0.15, 0.2) is 5.65 Å². The Bertz CT molecular complexity index is 926. The first-order valence-electron chi connectivity index (χ1n) is 6.02. The van der Waals surface area contributed by atoms with Gasteiger partial charge in [0.25, 0.3) is 0 Å². The zero-order chi connectivity index (χ0) is 13.5. The van der Waals surface area contributed by atoms with Crippen molar-refractivity contribution in [2.45, 2.75) is 0 Å². The van der Waals surface area contributed by atoms with E-state index in [4.69, 9.17) is 11.6 Å². The molecule has 4 rings (SSSR count). The second kappa shape index (κ2) is 4.25. The van der Waals surface area contributed by atoms with E-state index in [-0.39, 0.29) is 5.28 Å². The van der Waals surface area contributed by atoms with Crippen molar-refractivity contribution in [3.05, 3.63) is 48.1 Å². The van der Waals surface area contributed by atoms with Crippen LogP contribution < -0.4 is 0 Å². The van der Waals surface area contributed by atoms with Gasteiger partial charge in [-0.3, -0.25) is 10.1 Å². The SMILES string of the molecule is Clc1nc(-c2cccc3ccncc23)c2cn[nH]c2n1. The molecule has 0 aliphatic rings. The lowest BCUT2D eigenvalue weighted by Gasteiger charge is -2.06. The van der Waals surface area contributed by atoms with Crippen LogP contribution in [-0.4, -0.2) is 25.1 Å². The Kier molecular flexibility index (Phi) is 2.40. The van der Waals surface area contributed by atoms with E-state index in [1.807, 2.05) is 30.5 Å². The van der Waals surface area contributed by atoms with Gasteiger partial charge in [0.2, 0.25) is 5.28 Å². The molecule has 0 aliphatic heterocycles. The minimum Gasteiger partial charge on any atom is -0.264 e. The molecule has 4 aromatic rings. The third-order valence-corrected chi connectivity index (χ3v) is 3.39. The molecule has 5 nitrogen and oxygen atoms in total. The second-order valence-electron chi connectivity index (χ2n) is 4.38. The minimum absolute atomic E-state index is 0.192. The van der Waals surface area contributed by atoms with Crippen LogP contribution in [0.3, 0.4) is 0 Å². The van der Waals surface area contributed by atoms with Crippen molar-refractivity contribution < 1.29 is 0 Å². The summed E-state index contributed by atoms with van der Waals surface area (Å²) in [5.41, 5.74) is 2.35. The maximum Gasteiger partial charge on any atom is 0.224 e. The lowest BCUT2D eigenvalue weighted by atomic mass is 10.0. The maximum atomic E-state index is 6.00. The average Bonchev–Trinajstić information content (AvgIpc) is 2.94. The van der Waals surface area contributed by atoms with Crippen LogP contribution in [0.2, 0.25) is 5.28 Å². The molecule has 1 aromatic carbocycles. The van der Waals surface area contributed by atoms with Crippen LogP contribution >= 0.6 is 11.6 Å². The number of aromatic nitrogens is 5. The molecular formula is C14H8ClN5. The number of pyridine rings is 1. The maximum absolute atomic E-state index is 6.00. The molecule has 0 unspecified atom stereocenters. The normalized spacial score (nSPS) is 11.2. The van der Waals surface area contributed by atoms with Gasteiger partial charge in [-0.2, -0.15) is 10.1 Å². The number of hydrogen-bond donors (Lipinski definition) is 1. The lowest BCUT2D eigenvalue weighted by molar-refractivity contribution is 1.09. The largest absolute Gasteiger partial charge is 0.264 e. The van der Waals surface area contributed by atoms with Gasteiger partial charge in [-0.15, -0.1) is 0 Å². The zero-order valence-corrected chi connectivity index (χ0v) is 11.0. The van der Waals surface area contributed by atoms with Crippen LogP contribution in [0.1, 0.15) is 0 Å². The van der Waals surface area contributed by atoms with E-state index in [0.717, 1.165) is 27.4 Å². The molecule has 0 amide bonds. The molecule has 0 bridgehead atoms. The third kappa shape index (κ3) is 1.64. The average molecular weight is 282 g/mol. The van der Waals surface area contributed by atoms with E-state index in [2.05, 4.69) is 25.1 Å². The molecule has 3 aromatic heterocycles. The number of rotatable bonds is 1. The molecule has 0 radical (unpaired) electrons. The van der Waals surface area contributed by atoms with E-state index in [0.29, 0.717) is 5.65 Å². The van der Waals surface area contributed by atoms with Crippen molar-refractivity contribution in [2.75, 3.05) is 0 Å². The summed E-state index contributed by atoms with van der Waals surface area (Å²) >= 11 is 6.00. The first-order valence-corrected chi connectivity index (χ1v) is 6.40. The van der Waals surface area contributed by atoms with E-state index >= 15 is 0 Å². The molecule has 0 atom stereocenters. The Balaban J connectivity index is 2.14. The van der Waals surface area contributed by atoms with E-state index in [1.54, 1.807) is 12.4 Å². The molecule has 20 heavy (non-hydrogen) atoms. The molecule has 0 spiro atoms. The quantitative estimate of drug-likeness (QED) is 0.544. The van der Waals surface area contributed by atoms with E-state index in [9.17, 15) is 0 Å². The van der Waals surface area contributed by atoms with Crippen molar-refractivity contribution in [2.24, 2.45) is 0 Å². The highest BCUT2D eigenvalue weighted by Crippen LogP contribution is 2.31. The van der Waals surface area contributed by atoms with E-state index in [1.165, 1.54) is 0 Å². The van der Waals surface area contributed by atoms with E-state index < -0.39 is 0 Å². The Morgan fingerprint density at radius 2 is 1.95 bits per heavy atom. The summed E-state index contributed by atoms with van der Waals surface area (Å²) in [7, 11) is 0. The fourth-order valence-electron chi connectivity index (χ4n) is 2.33.